The van der Waals surface area contributed by atoms with Crippen molar-refractivity contribution in [2.24, 2.45) is 0 Å². The maximum absolute atomic E-state index is 12.3. The van der Waals surface area contributed by atoms with E-state index in [0.29, 0.717) is 12.0 Å². The molecule has 0 aromatic heterocycles. The van der Waals surface area contributed by atoms with Crippen LogP contribution in [0.2, 0.25) is 0 Å². The quantitative estimate of drug-likeness (QED) is 0.854. The molecule has 1 unspecified atom stereocenters. The molecule has 0 saturated carbocycles. The smallest absolute Gasteiger partial charge is 0.251 e. The summed E-state index contributed by atoms with van der Waals surface area (Å²) in [7, 11) is 1.59. The van der Waals surface area contributed by atoms with E-state index in [-0.39, 0.29) is 11.9 Å². The van der Waals surface area contributed by atoms with Crippen molar-refractivity contribution in [3.8, 4) is 18.1 Å². The number of benzene rings is 2. The highest BCUT2D eigenvalue weighted by Gasteiger charge is 2.14. The minimum atomic E-state index is -0.189. The zero-order valence-electron chi connectivity index (χ0n) is 11.9. The Hall–Kier alpha value is -2.73. The Bertz CT molecular complexity index is 627. The molecule has 1 atom stereocenters. The second kappa shape index (κ2) is 7.16. The molecule has 0 radical (unpaired) electrons. The molecule has 0 spiro atoms. The Morgan fingerprint density at radius 2 is 1.86 bits per heavy atom. The van der Waals surface area contributed by atoms with Gasteiger partial charge in [0.1, 0.15) is 5.75 Å². The van der Waals surface area contributed by atoms with E-state index < -0.39 is 0 Å². The monoisotopic (exact) mass is 279 g/mol. The van der Waals surface area contributed by atoms with E-state index in [9.17, 15) is 4.79 Å². The zero-order valence-corrected chi connectivity index (χ0v) is 11.9. The molecule has 0 aliphatic carbocycles. The minimum absolute atomic E-state index is 0.151. The molecule has 2 rings (SSSR count). The third-order valence-corrected chi connectivity index (χ3v) is 3.18. The predicted octanol–water partition coefficient (Wildman–Crippen LogP) is 3.19. The number of carbonyl (C=O) groups excluding carboxylic acids is 1. The van der Waals surface area contributed by atoms with Crippen LogP contribution in [-0.4, -0.2) is 13.0 Å². The van der Waals surface area contributed by atoms with Gasteiger partial charge < -0.3 is 10.1 Å². The third-order valence-electron chi connectivity index (χ3n) is 3.18. The lowest BCUT2D eigenvalue weighted by Gasteiger charge is -2.17. The summed E-state index contributed by atoms with van der Waals surface area (Å²) in [4.78, 5) is 12.3. The van der Waals surface area contributed by atoms with E-state index in [1.54, 1.807) is 31.4 Å². The van der Waals surface area contributed by atoms with Gasteiger partial charge in [-0.3, -0.25) is 4.79 Å². The Morgan fingerprint density at radius 3 is 2.43 bits per heavy atom. The highest BCUT2D eigenvalue weighted by Crippen LogP contribution is 2.17. The molecule has 0 saturated heterocycles. The number of nitrogens with one attached hydrogen (secondary N) is 1. The minimum Gasteiger partial charge on any atom is -0.497 e. The maximum atomic E-state index is 12.3. The molecular formula is C18H17NO2. The topological polar surface area (TPSA) is 38.3 Å². The lowest BCUT2D eigenvalue weighted by atomic mass is 10.0. The normalized spacial score (nSPS) is 11.2. The van der Waals surface area contributed by atoms with Crippen LogP contribution in [0.1, 0.15) is 28.4 Å². The summed E-state index contributed by atoms with van der Waals surface area (Å²) in [6.07, 6.45) is 5.85. The van der Waals surface area contributed by atoms with Crippen molar-refractivity contribution in [2.45, 2.75) is 12.5 Å². The summed E-state index contributed by atoms with van der Waals surface area (Å²) in [5.74, 6) is 3.17. The van der Waals surface area contributed by atoms with Crippen LogP contribution in [0.4, 0.5) is 0 Å². The number of amides is 1. The number of terminal acetylenes is 1. The van der Waals surface area contributed by atoms with Gasteiger partial charge in [0.25, 0.3) is 5.91 Å². The standard InChI is InChI=1S/C18H17NO2/c1-3-7-17(14-8-5-4-6-9-14)19-18(20)15-10-12-16(21-2)13-11-15/h1,4-6,8-13,17H,7H2,2H3,(H,19,20). The Kier molecular flexibility index (Phi) is 5.00. The summed E-state index contributed by atoms with van der Waals surface area (Å²) in [5, 5.41) is 2.97. The summed E-state index contributed by atoms with van der Waals surface area (Å²) in [6.45, 7) is 0. The predicted molar refractivity (Wildman–Crippen MR) is 83.1 cm³/mol. The molecule has 21 heavy (non-hydrogen) atoms. The number of methoxy groups -OCH3 is 1. The first-order valence-electron chi connectivity index (χ1n) is 6.68. The average molecular weight is 279 g/mol. The lowest BCUT2D eigenvalue weighted by molar-refractivity contribution is 0.0937. The number of rotatable bonds is 5. The number of carbonyl (C=O) groups is 1. The van der Waals surface area contributed by atoms with Crippen LogP contribution in [-0.2, 0) is 0 Å². The number of hydrogen-bond donors (Lipinski definition) is 1. The Morgan fingerprint density at radius 1 is 1.19 bits per heavy atom. The third kappa shape index (κ3) is 3.87. The van der Waals surface area contributed by atoms with Gasteiger partial charge in [0.15, 0.2) is 0 Å². The van der Waals surface area contributed by atoms with Crippen LogP contribution in [0.5, 0.6) is 5.75 Å². The second-order valence-corrected chi connectivity index (χ2v) is 4.57. The molecule has 1 amide bonds. The van der Waals surface area contributed by atoms with Crippen LogP contribution < -0.4 is 10.1 Å². The van der Waals surface area contributed by atoms with Crippen LogP contribution in [0, 0.1) is 12.3 Å². The summed E-state index contributed by atoms with van der Waals surface area (Å²) >= 11 is 0. The summed E-state index contributed by atoms with van der Waals surface area (Å²) < 4.78 is 5.08. The highest BCUT2D eigenvalue weighted by molar-refractivity contribution is 5.94. The van der Waals surface area contributed by atoms with Gasteiger partial charge in [0.2, 0.25) is 0 Å². The molecule has 2 aromatic carbocycles. The van der Waals surface area contributed by atoms with Gasteiger partial charge >= 0.3 is 0 Å². The van der Waals surface area contributed by atoms with E-state index in [4.69, 9.17) is 11.2 Å². The van der Waals surface area contributed by atoms with Crippen molar-refractivity contribution in [2.75, 3.05) is 7.11 Å². The van der Waals surface area contributed by atoms with E-state index >= 15 is 0 Å². The highest BCUT2D eigenvalue weighted by atomic mass is 16.5. The molecule has 3 nitrogen and oxygen atoms in total. The zero-order chi connectivity index (χ0) is 15.1. The van der Waals surface area contributed by atoms with E-state index in [1.807, 2.05) is 30.3 Å². The summed E-state index contributed by atoms with van der Waals surface area (Å²) in [5.41, 5.74) is 1.58. The average Bonchev–Trinajstić information content (AvgIpc) is 2.55. The van der Waals surface area contributed by atoms with Gasteiger partial charge in [-0.05, 0) is 29.8 Å². The molecule has 2 aromatic rings. The number of ether oxygens (including phenoxy) is 1. The Labute approximate surface area is 125 Å². The van der Waals surface area contributed by atoms with Crippen LogP contribution >= 0.6 is 0 Å². The maximum Gasteiger partial charge on any atom is 0.251 e. The van der Waals surface area contributed by atoms with Crippen LogP contribution in [0.25, 0.3) is 0 Å². The van der Waals surface area contributed by atoms with Crippen molar-refractivity contribution < 1.29 is 9.53 Å². The van der Waals surface area contributed by atoms with Crippen LogP contribution in [0.15, 0.2) is 54.6 Å². The molecule has 0 bridgehead atoms. The van der Waals surface area contributed by atoms with Crippen molar-refractivity contribution in [3.63, 3.8) is 0 Å². The van der Waals surface area contributed by atoms with Gasteiger partial charge in [-0.15, -0.1) is 12.3 Å². The van der Waals surface area contributed by atoms with Crippen LogP contribution in [0.3, 0.4) is 0 Å². The van der Waals surface area contributed by atoms with Crippen molar-refractivity contribution in [1.29, 1.82) is 0 Å². The fraction of sp³-hybridized carbons (Fsp3) is 0.167. The van der Waals surface area contributed by atoms with Crippen molar-refractivity contribution in [3.05, 3.63) is 65.7 Å². The molecule has 0 aliphatic heterocycles. The fourth-order valence-electron chi connectivity index (χ4n) is 2.04. The molecule has 1 N–H and O–H groups in total. The number of hydrogen-bond acceptors (Lipinski definition) is 2. The SMILES string of the molecule is C#CCC(NC(=O)c1ccc(OC)cc1)c1ccccc1. The lowest BCUT2D eigenvalue weighted by Crippen LogP contribution is -2.28. The van der Waals surface area contributed by atoms with Gasteiger partial charge in [-0.1, -0.05) is 30.3 Å². The first-order valence-corrected chi connectivity index (χ1v) is 6.68. The second-order valence-electron chi connectivity index (χ2n) is 4.57. The molecule has 3 heteroatoms. The van der Waals surface area contributed by atoms with Gasteiger partial charge in [-0.25, -0.2) is 0 Å². The summed E-state index contributed by atoms with van der Waals surface area (Å²) in [6, 6.07) is 16.5. The molecule has 0 heterocycles. The largest absolute Gasteiger partial charge is 0.497 e. The fourth-order valence-corrected chi connectivity index (χ4v) is 2.04. The van der Waals surface area contributed by atoms with Gasteiger partial charge in [0.05, 0.1) is 13.2 Å². The molecule has 0 aliphatic rings. The van der Waals surface area contributed by atoms with E-state index in [0.717, 1.165) is 11.3 Å². The van der Waals surface area contributed by atoms with E-state index in [1.165, 1.54) is 0 Å². The van der Waals surface area contributed by atoms with Crippen molar-refractivity contribution >= 4 is 5.91 Å². The van der Waals surface area contributed by atoms with Gasteiger partial charge in [-0.2, -0.15) is 0 Å². The first-order chi connectivity index (χ1) is 10.2. The molecule has 106 valence electrons. The Balaban J connectivity index is 2.13. The first kappa shape index (κ1) is 14.7. The van der Waals surface area contributed by atoms with E-state index in [2.05, 4.69) is 11.2 Å². The molecule has 0 fully saturated rings. The van der Waals surface area contributed by atoms with Gasteiger partial charge in [0, 0.05) is 12.0 Å². The molecular weight excluding hydrogens is 262 g/mol. The van der Waals surface area contributed by atoms with Crippen molar-refractivity contribution in [1.82, 2.24) is 5.32 Å².